The lowest BCUT2D eigenvalue weighted by Gasteiger charge is -2.33. The van der Waals surface area contributed by atoms with Crippen LogP contribution in [-0.4, -0.2) is 73.5 Å². The van der Waals surface area contributed by atoms with Gasteiger partial charge in [0, 0.05) is 62.0 Å². The minimum absolute atomic E-state index is 0.0500. The van der Waals surface area contributed by atoms with Crippen molar-refractivity contribution in [2.75, 3.05) is 52.3 Å². The van der Waals surface area contributed by atoms with Crippen LogP contribution in [0, 0.1) is 0 Å². The second kappa shape index (κ2) is 9.52. The predicted octanol–water partition coefficient (Wildman–Crippen LogP) is 3.29. The molecule has 4 rings (SSSR count). The van der Waals surface area contributed by atoms with Crippen molar-refractivity contribution in [2.45, 2.75) is 12.3 Å². The van der Waals surface area contributed by atoms with Gasteiger partial charge < -0.3 is 24.6 Å². The van der Waals surface area contributed by atoms with Crippen LogP contribution in [0.4, 0.5) is 5.69 Å². The normalized spacial score (nSPS) is 18.1. The van der Waals surface area contributed by atoms with E-state index in [1.165, 1.54) is 19.5 Å². The summed E-state index contributed by atoms with van der Waals surface area (Å²) in [5.74, 6) is 0.390. The van der Waals surface area contributed by atoms with E-state index in [-0.39, 0.29) is 34.0 Å². The van der Waals surface area contributed by atoms with Crippen LogP contribution in [0.3, 0.4) is 0 Å². The van der Waals surface area contributed by atoms with Gasteiger partial charge in [0.15, 0.2) is 11.5 Å². The molecule has 3 heterocycles. The Morgan fingerprint density at radius 1 is 1.19 bits per heavy atom. The molecule has 2 aliphatic rings. The van der Waals surface area contributed by atoms with Crippen molar-refractivity contribution in [1.82, 2.24) is 14.8 Å². The number of carbonyl (C=O) groups is 2. The highest BCUT2D eigenvalue weighted by molar-refractivity contribution is 6.39. The minimum atomic E-state index is -0.401. The van der Waals surface area contributed by atoms with E-state index in [9.17, 15) is 9.59 Å². The lowest BCUT2D eigenvalue weighted by molar-refractivity contribution is -0.133. The lowest BCUT2D eigenvalue weighted by Crippen LogP contribution is -2.47. The molecule has 1 atom stereocenters. The summed E-state index contributed by atoms with van der Waals surface area (Å²) in [7, 11) is 3.58. The average molecular weight is 479 g/mol. The number of carbonyl (C=O) groups excluding carboxylic acids is 2. The molecule has 0 spiro atoms. The van der Waals surface area contributed by atoms with E-state index in [0.717, 1.165) is 13.1 Å². The monoisotopic (exact) mass is 478 g/mol. The molecule has 1 aromatic heterocycles. The minimum Gasteiger partial charge on any atom is -0.493 e. The van der Waals surface area contributed by atoms with Gasteiger partial charge in [0.2, 0.25) is 5.91 Å². The second-order valence-corrected chi connectivity index (χ2v) is 8.70. The summed E-state index contributed by atoms with van der Waals surface area (Å²) in [6, 6.07) is 3.34. The third-order valence-electron chi connectivity index (χ3n) is 5.83. The van der Waals surface area contributed by atoms with E-state index in [4.69, 9.17) is 32.7 Å². The Morgan fingerprint density at radius 3 is 2.53 bits per heavy atom. The van der Waals surface area contributed by atoms with E-state index >= 15 is 0 Å². The van der Waals surface area contributed by atoms with Gasteiger partial charge in [-0.25, -0.2) is 0 Å². The van der Waals surface area contributed by atoms with Crippen LogP contribution >= 0.6 is 23.2 Å². The molecule has 2 aromatic rings. The number of piperazine rings is 1. The number of methoxy groups -OCH3 is 1. The first kappa shape index (κ1) is 22.6. The number of nitrogens with zero attached hydrogens (tertiary/aromatic N) is 3. The van der Waals surface area contributed by atoms with Crippen LogP contribution in [0.2, 0.25) is 10.0 Å². The molecule has 1 saturated heterocycles. The summed E-state index contributed by atoms with van der Waals surface area (Å²) in [4.78, 5) is 34.1. The van der Waals surface area contributed by atoms with Crippen molar-refractivity contribution in [2.24, 2.45) is 0 Å². The molecule has 1 aromatic carbocycles. The summed E-state index contributed by atoms with van der Waals surface area (Å²) in [5, 5.41) is 3.23. The van der Waals surface area contributed by atoms with E-state index in [1.807, 2.05) is 11.9 Å². The fourth-order valence-electron chi connectivity index (χ4n) is 4.03. The van der Waals surface area contributed by atoms with Gasteiger partial charge in [-0.15, -0.1) is 0 Å². The molecule has 1 fully saturated rings. The summed E-state index contributed by atoms with van der Waals surface area (Å²) in [6.07, 6.45) is 3.06. The Hall–Kier alpha value is -2.55. The lowest BCUT2D eigenvalue weighted by atomic mass is 9.91. The molecule has 0 radical (unpaired) electrons. The average Bonchev–Trinajstić information content (AvgIpc) is 3.20. The molecular weight excluding hydrogens is 455 g/mol. The fraction of sp³-hybridized carbons (Fsp3) is 0.409. The number of benzene rings is 1. The summed E-state index contributed by atoms with van der Waals surface area (Å²) in [5.41, 5.74) is 1.32. The van der Waals surface area contributed by atoms with Gasteiger partial charge in [-0.2, -0.15) is 0 Å². The van der Waals surface area contributed by atoms with Gasteiger partial charge in [-0.05, 0) is 19.2 Å². The zero-order valence-corrected chi connectivity index (χ0v) is 19.4. The van der Waals surface area contributed by atoms with E-state index in [0.29, 0.717) is 42.3 Å². The fourth-order valence-corrected chi connectivity index (χ4v) is 4.49. The maximum absolute atomic E-state index is 13.2. The van der Waals surface area contributed by atoms with Gasteiger partial charge in [0.25, 0.3) is 5.91 Å². The van der Waals surface area contributed by atoms with Gasteiger partial charge in [0.05, 0.1) is 29.4 Å². The van der Waals surface area contributed by atoms with Crippen molar-refractivity contribution in [1.29, 1.82) is 0 Å². The molecule has 0 saturated carbocycles. The predicted molar refractivity (Wildman–Crippen MR) is 122 cm³/mol. The van der Waals surface area contributed by atoms with E-state index < -0.39 is 5.91 Å². The van der Waals surface area contributed by atoms with Crippen molar-refractivity contribution >= 4 is 40.7 Å². The Morgan fingerprint density at radius 2 is 1.88 bits per heavy atom. The number of likely N-dealkylation sites (N-methyl/N-ethyl adjacent to an activating group) is 1. The third-order valence-corrected chi connectivity index (χ3v) is 6.40. The third kappa shape index (κ3) is 4.48. The maximum Gasteiger partial charge on any atom is 0.256 e. The number of halogens is 2. The smallest absolute Gasteiger partial charge is 0.256 e. The van der Waals surface area contributed by atoms with Gasteiger partial charge in [-0.3, -0.25) is 14.6 Å². The number of hydrogen-bond acceptors (Lipinski definition) is 6. The van der Waals surface area contributed by atoms with Crippen molar-refractivity contribution in [3.63, 3.8) is 0 Å². The van der Waals surface area contributed by atoms with Crippen LogP contribution in [0.15, 0.2) is 24.5 Å². The number of pyridine rings is 1. The maximum atomic E-state index is 13.2. The topological polar surface area (TPSA) is 84.0 Å². The highest BCUT2D eigenvalue weighted by Crippen LogP contribution is 2.45. The molecule has 10 heteroatoms. The van der Waals surface area contributed by atoms with Crippen molar-refractivity contribution in [3.8, 4) is 11.5 Å². The summed E-state index contributed by atoms with van der Waals surface area (Å²) in [6.45, 7) is 3.38. The number of amides is 2. The molecule has 0 bridgehead atoms. The molecule has 2 aliphatic heterocycles. The van der Waals surface area contributed by atoms with Crippen molar-refractivity contribution in [3.05, 3.63) is 45.7 Å². The van der Waals surface area contributed by atoms with Crippen LogP contribution in [0.1, 0.15) is 28.3 Å². The Bertz CT molecular complexity index is 1020. The van der Waals surface area contributed by atoms with Crippen molar-refractivity contribution < 1.29 is 19.1 Å². The van der Waals surface area contributed by atoms with Crippen LogP contribution in [0.25, 0.3) is 0 Å². The summed E-state index contributed by atoms with van der Waals surface area (Å²) >= 11 is 12.3. The standard InChI is InChI=1S/C22H24Cl2N4O4/c1-27-5-7-28(8-6-27)18(29)9-13-12-32-21-17(31-2)4-3-14(19(13)21)22(30)26-20-15(23)10-25-11-16(20)24/h3-4,10-11,13H,5-9,12H2,1-2H3,(H,25,26,30). The molecule has 0 aliphatic carbocycles. The SMILES string of the molecule is COc1ccc(C(=O)Nc2c(Cl)cncc2Cl)c2c1OCC2CC(=O)N1CCN(C)CC1. The highest BCUT2D eigenvalue weighted by Gasteiger charge is 2.35. The number of ether oxygens (including phenoxy) is 2. The Balaban J connectivity index is 1.61. The molecular formula is C22H24Cl2N4O4. The quantitative estimate of drug-likeness (QED) is 0.709. The second-order valence-electron chi connectivity index (χ2n) is 7.89. The Labute approximate surface area is 196 Å². The number of anilines is 1. The number of rotatable bonds is 5. The zero-order chi connectivity index (χ0) is 22.8. The Kier molecular flexibility index (Phi) is 6.74. The van der Waals surface area contributed by atoms with Gasteiger partial charge in [0.1, 0.15) is 0 Å². The molecule has 2 amide bonds. The first-order chi connectivity index (χ1) is 15.4. The molecule has 32 heavy (non-hydrogen) atoms. The largest absolute Gasteiger partial charge is 0.493 e. The van der Waals surface area contributed by atoms with E-state index in [2.05, 4.69) is 15.2 Å². The highest BCUT2D eigenvalue weighted by atomic mass is 35.5. The zero-order valence-electron chi connectivity index (χ0n) is 17.9. The van der Waals surface area contributed by atoms with E-state index in [1.54, 1.807) is 12.1 Å². The van der Waals surface area contributed by atoms with Crippen LogP contribution < -0.4 is 14.8 Å². The van der Waals surface area contributed by atoms with Gasteiger partial charge in [-0.1, -0.05) is 23.2 Å². The van der Waals surface area contributed by atoms with Gasteiger partial charge >= 0.3 is 0 Å². The first-order valence-corrected chi connectivity index (χ1v) is 11.0. The molecule has 1 unspecified atom stereocenters. The number of fused-ring (bicyclic) bond motifs is 1. The molecule has 8 nitrogen and oxygen atoms in total. The number of aromatic nitrogens is 1. The number of hydrogen-bond donors (Lipinski definition) is 1. The first-order valence-electron chi connectivity index (χ1n) is 10.3. The molecule has 170 valence electrons. The van der Waals surface area contributed by atoms with Crippen LogP contribution in [-0.2, 0) is 4.79 Å². The van der Waals surface area contributed by atoms with Crippen LogP contribution in [0.5, 0.6) is 11.5 Å². The summed E-state index contributed by atoms with van der Waals surface area (Å²) < 4.78 is 11.3. The number of nitrogens with one attached hydrogen (secondary N) is 1. The molecule has 1 N–H and O–H groups in total.